The van der Waals surface area contributed by atoms with E-state index in [1.807, 2.05) is 0 Å². The van der Waals surface area contributed by atoms with Gasteiger partial charge in [0.25, 0.3) is 0 Å². The van der Waals surface area contributed by atoms with Crippen LogP contribution in [0, 0.1) is 0 Å². The first kappa shape index (κ1) is 13.5. The fourth-order valence-corrected chi connectivity index (χ4v) is 1.79. The number of hydrogen-bond donors (Lipinski definition) is 1. The van der Waals surface area contributed by atoms with E-state index >= 15 is 0 Å². The van der Waals surface area contributed by atoms with Crippen LogP contribution in [0.3, 0.4) is 0 Å². The molecule has 0 aliphatic rings. The molecule has 7 heteroatoms. The summed E-state index contributed by atoms with van der Waals surface area (Å²) in [6, 6.07) is 5.25. The zero-order valence-corrected chi connectivity index (χ0v) is 9.93. The van der Waals surface area contributed by atoms with E-state index in [2.05, 4.69) is 10.2 Å². The summed E-state index contributed by atoms with van der Waals surface area (Å²) in [6.45, 7) is -0.0478. The van der Waals surface area contributed by atoms with Gasteiger partial charge in [0.2, 0.25) is 0 Å². The highest BCUT2D eigenvalue weighted by Crippen LogP contribution is 2.33. The Morgan fingerprint density at radius 1 is 1.21 bits per heavy atom. The van der Waals surface area contributed by atoms with Gasteiger partial charge in [0.15, 0.2) is 0 Å². The first-order valence-corrected chi connectivity index (χ1v) is 5.70. The highest BCUT2D eigenvalue weighted by molar-refractivity contribution is 5.43. The van der Waals surface area contributed by atoms with Crippen LogP contribution in [0.4, 0.5) is 13.2 Å². The van der Waals surface area contributed by atoms with E-state index in [1.54, 1.807) is 0 Å². The third-order valence-corrected chi connectivity index (χ3v) is 2.65. The van der Waals surface area contributed by atoms with Crippen molar-refractivity contribution in [2.75, 3.05) is 6.61 Å². The molecule has 19 heavy (non-hydrogen) atoms. The maximum atomic E-state index is 12.9. The Hall–Kier alpha value is -1.89. The summed E-state index contributed by atoms with van der Waals surface area (Å²) >= 11 is 0. The maximum Gasteiger partial charge on any atom is 0.418 e. The highest BCUT2D eigenvalue weighted by atomic mass is 19.4. The molecule has 1 aromatic carbocycles. The number of benzene rings is 1. The average Bonchev–Trinajstić information content (AvgIpc) is 2.83. The topological polar surface area (TPSA) is 50.9 Å². The van der Waals surface area contributed by atoms with Crippen LogP contribution >= 0.6 is 0 Å². The molecule has 0 atom stereocenters. The van der Waals surface area contributed by atoms with Gasteiger partial charge in [-0.2, -0.15) is 13.2 Å². The van der Waals surface area contributed by atoms with Gasteiger partial charge in [0, 0.05) is 13.0 Å². The molecule has 0 fully saturated rings. The molecule has 2 aromatic rings. The Morgan fingerprint density at radius 3 is 2.63 bits per heavy atom. The predicted molar refractivity (Wildman–Crippen MR) is 61.8 cm³/mol. The van der Waals surface area contributed by atoms with Crippen molar-refractivity contribution >= 4 is 0 Å². The van der Waals surface area contributed by atoms with E-state index < -0.39 is 11.7 Å². The van der Waals surface area contributed by atoms with E-state index in [0.717, 1.165) is 6.07 Å². The van der Waals surface area contributed by atoms with Gasteiger partial charge in [-0.1, -0.05) is 12.1 Å². The lowest BCUT2D eigenvalue weighted by atomic mass is 10.1. The molecule has 0 unspecified atom stereocenters. The van der Waals surface area contributed by atoms with E-state index in [0.29, 0.717) is 18.7 Å². The molecule has 0 aliphatic carbocycles. The quantitative estimate of drug-likeness (QED) is 0.927. The second-order valence-corrected chi connectivity index (χ2v) is 3.96. The highest BCUT2D eigenvalue weighted by Gasteiger charge is 2.34. The number of aliphatic hydroxyl groups is 1. The summed E-state index contributed by atoms with van der Waals surface area (Å²) in [5.74, 6) is 0.394. The molecule has 0 aliphatic heterocycles. The van der Waals surface area contributed by atoms with Gasteiger partial charge >= 0.3 is 6.18 Å². The van der Waals surface area contributed by atoms with E-state index in [9.17, 15) is 13.2 Å². The molecule has 1 heterocycles. The molecule has 0 saturated heterocycles. The van der Waals surface area contributed by atoms with Gasteiger partial charge in [-0.15, -0.1) is 10.2 Å². The van der Waals surface area contributed by atoms with Gasteiger partial charge in [-0.05, 0) is 18.6 Å². The second-order valence-electron chi connectivity index (χ2n) is 3.96. The monoisotopic (exact) mass is 271 g/mol. The van der Waals surface area contributed by atoms with Crippen LogP contribution in [0.1, 0.15) is 17.8 Å². The number of alkyl halides is 3. The Kier molecular flexibility index (Phi) is 3.84. The van der Waals surface area contributed by atoms with Crippen molar-refractivity contribution in [2.24, 2.45) is 0 Å². The second kappa shape index (κ2) is 5.40. The molecule has 0 spiro atoms. The minimum absolute atomic E-state index is 0.00654. The van der Waals surface area contributed by atoms with Crippen LogP contribution < -0.4 is 0 Å². The normalized spacial score (nSPS) is 11.8. The molecule has 0 amide bonds. The van der Waals surface area contributed by atoms with Crippen molar-refractivity contribution in [3.05, 3.63) is 42.0 Å². The van der Waals surface area contributed by atoms with Crippen LogP contribution in [-0.2, 0) is 12.6 Å². The SMILES string of the molecule is OCCCc1nncn1-c1ccccc1C(F)(F)F. The van der Waals surface area contributed by atoms with Crippen molar-refractivity contribution < 1.29 is 18.3 Å². The molecule has 1 N–H and O–H groups in total. The minimum atomic E-state index is -4.44. The number of aryl methyl sites for hydroxylation is 1. The van der Waals surface area contributed by atoms with Crippen molar-refractivity contribution in [1.29, 1.82) is 0 Å². The molecule has 2 rings (SSSR count). The van der Waals surface area contributed by atoms with E-state index in [4.69, 9.17) is 5.11 Å². The van der Waals surface area contributed by atoms with Crippen LogP contribution in [0.15, 0.2) is 30.6 Å². The molecule has 4 nitrogen and oxygen atoms in total. The van der Waals surface area contributed by atoms with Gasteiger partial charge in [0.1, 0.15) is 12.2 Å². The minimum Gasteiger partial charge on any atom is -0.396 e. The number of nitrogens with zero attached hydrogens (tertiary/aromatic N) is 3. The predicted octanol–water partition coefficient (Wildman–Crippen LogP) is 2.21. The fraction of sp³-hybridized carbons (Fsp3) is 0.333. The third-order valence-electron chi connectivity index (χ3n) is 2.65. The van der Waals surface area contributed by atoms with Crippen molar-refractivity contribution in [2.45, 2.75) is 19.0 Å². The summed E-state index contributed by atoms with van der Waals surface area (Å²) in [7, 11) is 0. The van der Waals surface area contributed by atoms with Gasteiger partial charge in [-0.3, -0.25) is 4.57 Å². The summed E-state index contributed by atoms with van der Waals surface area (Å²) in [4.78, 5) is 0. The Morgan fingerprint density at radius 2 is 1.95 bits per heavy atom. The Balaban J connectivity index is 2.45. The molecule has 1 aromatic heterocycles. The Bertz CT molecular complexity index is 551. The van der Waals surface area contributed by atoms with E-state index in [1.165, 1.54) is 29.1 Å². The van der Waals surface area contributed by atoms with Crippen LogP contribution in [0.5, 0.6) is 0 Å². The molecular weight excluding hydrogens is 259 g/mol. The summed E-state index contributed by atoms with van der Waals surface area (Å²) < 4.78 is 40.1. The molecule has 102 valence electrons. The van der Waals surface area contributed by atoms with Crippen LogP contribution in [-0.4, -0.2) is 26.5 Å². The van der Waals surface area contributed by atoms with Crippen LogP contribution in [0.25, 0.3) is 5.69 Å². The zero-order chi connectivity index (χ0) is 13.9. The number of aliphatic hydroxyl groups excluding tert-OH is 1. The molecule has 0 bridgehead atoms. The smallest absolute Gasteiger partial charge is 0.396 e. The first-order chi connectivity index (χ1) is 9.04. The van der Waals surface area contributed by atoms with Crippen molar-refractivity contribution in [1.82, 2.24) is 14.8 Å². The summed E-state index contributed by atoms with van der Waals surface area (Å²) in [5, 5.41) is 16.2. The number of halogens is 3. The molecular formula is C12H12F3N3O. The van der Waals surface area contributed by atoms with E-state index in [-0.39, 0.29) is 12.3 Å². The Labute approximate surface area is 107 Å². The lowest BCUT2D eigenvalue weighted by Gasteiger charge is -2.14. The van der Waals surface area contributed by atoms with Gasteiger partial charge in [0.05, 0.1) is 11.3 Å². The van der Waals surface area contributed by atoms with Crippen LogP contribution in [0.2, 0.25) is 0 Å². The number of hydrogen-bond acceptors (Lipinski definition) is 3. The molecule has 0 saturated carbocycles. The fourth-order valence-electron chi connectivity index (χ4n) is 1.79. The summed E-state index contributed by atoms with van der Waals surface area (Å²) in [5.41, 5.74) is -0.743. The van der Waals surface area contributed by atoms with Crippen molar-refractivity contribution in [3.8, 4) is 5.69 Å². The average molecular weight is 271 g/mol. The lowest BCUT2D eigenvalue weighted by Crippen LogP contribution is -2.12. The molecule has 0 radical (unpaired) electrons. The summed E-state index contributed by atoms with van der Waals surface area (Å²) in [6.07, 6.45) is -2.40. The standard InChI is InChI=1S/C12H12F3N3O/c13-12(14,15)9-4-1-2-5-10(9)18-8-16-17-11(18)6-3-7-19/h1-2,4-5,8,19H,3,6-7H2. The number of aromatic nitrogens is 3. The largest absolute Gasteiger partial charge is 0.418 e. The maximum absolute atomic E-state index is 12.9. The first-order valence-electron chi connectivity index (χ1n) is 5.70. The third kappa shape index (κ3) is 2.93. The lowest BCUT2D eigenvalue weighted by molar-refractivity contribution is -0.137. The zero-order valence-electron chi connectivity index (χ0n) is 9.93. The number of rotatable bonds is 4. The number of para-hydroxylation sites is 1. The van der Waals surface area contributed by atoms with Gasteiger partial charge < -0.3 is 5.11 Å². The van der Waals surface area contributed by atoms with Crippen molar-refractivity contribution in [3.63, 3.8) is 0 Å². The van der Waals surface area contributed by atoms with Gasteiger partial charge in [-0.25, -0.2) is 0 Å².